The minimum atomic E-state index is -0.998. The average Bonchev–Trinajstić information content (AvgIpc) is 0.894. The van der Waals surface area contributed by atoms with Crippen molar-refractivity contribution in [2.75, 3.05) is 21.3 Å². The predicted molar refractivity (Wildman–Crippen MR) is 570 cm³/mol. The van der Waals surface area contributed by atoms with E-state index in [9.17, 15) is 77.8 Å². The van der Waals surface area contributed by atoms with Crippen LogP contribution in [0.2, 0.25) is 0 Å². The van der Waals surface area contributed by atoms with Crippen LogP contribution in [0.15, 0.2) is 121 Å². The fourth-order valence-corrected chi connectivity index (χ4v) is 23.4. The van der Waals surface area contributed by atoms with Gasteiger partial charge in [-0.2, -0.15) is 0 Å². The second-order valence-corrected chi connectivity index (χ2v) is 51.9. The second kappa shape index (κ2) is 68.5. The Morgan fingerprint density at radius 1 is 0.380 bits per heavy atom. The Morgan fingerprint density at radius 3 is 0.972 bits per heavy atom. The van der Waals surface area contributed by atoms with E-state index in [4.69, 9.17) is 20.3 Å². The number of benzene rings is 4. The molecule has 0 aliphatic heterocycles. The number of nitro groups is 2. The second-order valence-electron chi connectivity index (χ2n) is 40.1. The number of carbonyl (C=O) groups excluding carboxylic acids is 11. The van der Waals surface area contributed by atoms with E-state index in [1.54, 1.807) is 6.92 Å². The van der Waals surface area contributed by atoms with Gasteiger partial charge in [0.25, 0.3) is 0 Å². The first-order valence-corrected chi connectivity index (χ1v) is 61.1. The maximum atomic E-state index is 14.2. The van der Waals surface area contributed by atoms with Gasteiger partial charge >= 0.3 is 73.3 Å². The molecule has 0 bridgehead atoms. The topological polar surface area (TPSA) is 413 Å². The van der Waals surface area contributed by atoms with E-state index in [0.29, 0.717) is 105 Å². The van der Waals surface area contributed by atoms with Gasteiger partial charge in [0.2, 0.25) is 35.7 Å². The Bertz CT molecular complexity index is 4470. The van der Waals surface area contributed by atoms with Crippen molar-refractivity contribution in [3.8, 4) is 0 Å². The molecule has 793 valence electrons. The predicted octanol–water partition coefficient (Wildman–Crippen LogP) is 21.4. The van der Waals surface area contributed by atoms with Crippen molar-refractivity contribution in [2.45, 2.75) is 363 Å². The number of nitrogens with zero attached hydrogens (tertiary/aromatic N) is 2. The van der Waals surface area contributed by atoms with Crippen LogP contribution in [0, 0.1) is 121 Å². The van der Waals surface area contributed by atoms with Gasteiger partial charge in [-0.3, -0.25) is 68.2 Å². The van der Waals surface area contributed by atoms with Gasteiger partial charge in [-0.15, -0.1) is 0 Å². The van der Waals surface area contributed by atoms with E-state index < -0.39 is 71.7 Å². The standard InChI is InChI=1S/C41H58N2O5.C40H55N3O7.C15H27NO3.C14H23NO5.2CH4.2HI.V/c1-5-32(34-22-14-13-17-28(34)3)38(44)27-31(25-29-18-9-7-10-19-29)39(45)42-36-24-16-15-23-35(36)33(6-2)40(46)43-37(41(47)48-4)26-30-20-11-8-12-21-30;1-4-30(33-21-13-15-23-36(33)43(48)49)37(44)26-29(24-27-16-8-6-9-17-27)38(45)41-34-22-14-12-20-32(34)31(5-2)39(46)42-35(40(47)50-3)25-28-18-10-7-11-19-28;1-4-11(12-7-5-6-8-13(12)16)14(17)9-10(2)15(18)19-3;1-3-10(13(16)8-9(2)14(17)18)11-6-4-5-7-12(11)15(19)20;;;;;/h7-12,18-21,28,31-37H,5-6,13-17,22-27H2,1-4H3,(H,42,45)(H,43,46);6-11,16-19,29-36H,4-5,12-15,20-26H2,1-3H3,(H,41,45)(H,42,46);10-13H,4-9,16H2,1-3H3;9-12H,3-8H2,1-2H3,(H,17,18);2*1H4;2*1H;/q;;;;;;;;+2/p-2/t28-,31+,32-,33-,34+,35-,36-,37-;29-,30+,31+,32+,33+,34+,35+,36+;10-,11+,12+,13+;9-,10+,11+,12+;;;;;/m1000...../s1. The third-order valence-corrected chi connectivity index (χ3v) is 31.0. The number of Topliss-reactive ketones (excluding diaryl/α,β-unsaturated/α-hetero) is 4. The summed E-state index contributed by atoms with van der Waals surface area (Å²) in [6.07, 6.45) is 27.4. The van der Waals surface area contributed by atoms with Crippen LogP contribution < -0.4 is 27.0 Å². The fourth-order valence-electron chi connectivity index (χ4n) is 23.4. The molecule has 4 aromatic carbocycles. The Morgan fingerprint density at radius 2 is 0.655 bits per heavy atom. The van der Waals surface area contributed by atoms with Gasteiger partial charge in [0.05, 0.1) is 33.2 Å². The SMILES string of the molecule is C.C.CC[C@@H](C(=O)C[C@H](C)C(=O)O)[C@H]1CCCC[C@H]1[N+](=O)[O-].CC[C@@H](C(=O)C[C@H](C)C(=O)OC)[C@H]1CCCC[C@H]1N.CC[C@@H](C(=O)C[C@H](Cc1ccccc1)C(=O)N[C@@H]1CCCC[C@@H]1[C@@H](CC)C(=O)N[C@H](Cc1ccccc1)C(=O)OC)[C@H]1CCCC[C@H]1C.CC[C@@H](C(=O)C[C@H](Cc1ccccc1)C(=O)N[C@@H]1CCCC[C@@H]1[C@@H](CC)C(=O)N[C@H](Cc1ccccc1)C(=O)OC)[C@H]1CCCC[C@H]1[N+](=O)[O-].[I][V][I]. The summed E-state index contributed by atoms with van der Waals surface area (Å²) in [5.74, 6) is -6.31. The normalized spacial score (nSPS) is 23.3. The number of hydrogen-bond donors (Lipinski definition) is 6. The van der Waals surface area contributed by atoms with Crippen LogP contribution in [0.5, 0.6) is 0 Å². The van der Waals surface area contributed by atoms with Gasteiger partial charge in [-0.1, -0.05) is 269 Å². The number of esters is 3. The molecule has 0 unspecified atom stereocenters. The number of halogens is 2. The van der Waals surface area contributed by atoms with E-state index >= 15 is 0 Å². The molecule has 6 aliphatic rings. The summed E-state index contributed by atoms with van der Waals surface area (Å²) >= 11 is 4.74. The van der Waals surface area contributed by atoms with Gasteiger partial charge in [0.15, 0.2) is 0 Å². The van der Waals surface area contributed by atoms with Crippen LogP contribution in [0.1, 0.15) is 318 Å². The molecule has 0 radical (unpaired) electrons. The Labute approximate surface area is 876 Å². The number of carboxylic acid groups (broad SMARTS) is 1. The number of ether oxygens (including phenoxy) is 3. The molecule has 142 heavy (non-hydrogen) atoms. The zero-order valence-corrected chi connectivity index (χ0v) is 90.9. The first kappa shape index (κ1) is 126. The zero-order chi connectivity index (χ0) is 103. The van der Waals surface area contributed by atoms with E-state index in [-0.39, 0.29) is 180 Å². The number of nitrogens with one attached hydrogen (secondary N) is 4. The molecular formula is C112H171I2N7O20V. The number of nitrogens with two attached hydrogens (primary N) is 1. The summed E-state index contributed by atoms with van der Waals surface area (Å²) in [6.45, 7) is 17.4. The molecule has 6 aliphatic carbocycles. The van der Waals surface area contributed by atoms with Crippen LogP contribution in [-0.2, 0) is 107 Å². The first-order chi connectivity index (χ1) is 67.2. The van der Waals surface area contributed by atoms with Gasteiger partial charge in [-0.05, 0) is 174 Å². The molecule has 30 heteroatoms. The molecule has 0 heterocycles. The fraction of sp³-hybridized carbons (Fsp3) is 0.679. The third-order valence-electron chi connectivity index (χ3n) is 31.0. The van der Waals surface area contributed by atoms with E-state index in [0.717, 1.165) is 131 Å². The quantitative estimate of drug-likeness (QED) is 0.00786. The Balaban J connectivity index is 0.000000421. The average molecular weight is 2240 g/mol. The number of aliphatic carboxylic acids is 1. The van der Waals surface area contributed by atoms with Crippen molar-refractivity contribution in [3.05, 3.63) is 164 Å². The van der Waals surface area contributed by atoms with E-state index in [2.05, 4.69) is 79.8 Å². The summed E-state index contributed by atoms with van der Waals surface area (Å²) in [7, 11) is 4.64. The third kappa shape index (κ3) is 40.7. The zero-order valence-electron chi connectivity index (χ0n) is 85.2. The molecule has 0 saturated heterocycles. The molecule has 0 aromatic heterocycles. The maximum absolute atomic E-state index is 14.2. The van der Waals surface area contributed by atoms with E-state index in [1.807, 2.05) is 156 Å². The first-order valence-electron chi connectivity index (χ1n) is 52.1. The number of amides is 4. The van der Waals surface area contributed by atoms with Crippen LogP contribution in [0.4, 0.5) is 0 Å². The molecule has 27 nitrogen and oxygen atoms in total. The summed E-state index contributed by atoms with van der Waals surface area (Å²) in [6, 6.07) is 35.3. The monoisotopic (exact) mass is 2240 g/mol. The number of ketones is 4. The summed E-state index contributed by atoms with van der Waals surface area (Å²) in [5, 5.41) is 44.6. The number of methoxy groups -OCH3 is 3. The van der Waals surface area contributed by atoms with Crippen LogP contribution in [-0.4, -0.2) is 149 Å². The van der Waals surface area contributed by atoms with Gasteiger partial charge in [-0.25, -0.2) is 9.59 Å². The van der Waals surface area contributed by atoms with Crippen molar-refractivity contribution < 1.29 is 96.2 Å². The molecule has 24 atom stereocenters. The van der Waals surface area contributed by atoms with Gasteiger partial charge < -0.3 is 46.3 Å². The van der Waals surface area contributed by atoms with Crippen LogP contribution in [0.3, 0.4) is 0 Å². The van der Waals surface area contributed by atoms with Crippen LogP contribution >= 0.6 is 40.0 Å². The number of hydrogen-bond acceptors (Lipinski definition) is 20. The molecule has 4 aromatic rings. The van der Waals surface area contributed by atoms with Gasteiger partial charge in [0, 0.05) is 139 Å². The molecule has 6 saturated carbocycles. The minimum absolute atomic E-state index is 0. The molecular weight excluding hydrogens is 2070 g/mol. The molecule has 6 fully saturated rings. The molecule has 7 N–H and O–H groups in total. The number of carbonyl (C=O) groups is 12. The molecule has 4 amide bonds. The van der Waals surface area contributed by atoms with Crippen molar-refractivity contribution in [1.29, 1.82) is 0 Å². The van der Waals surface area contributed by atoms with Crippen molar-refractivity contribution in [2.24, 2.45) is 106 Å². The number of carboxylic acids is 1. The van der Waals surface area contributed by atoms with Crippen molar-refractivity contribution >= 4 is 111 Å². The Kier molecular flexibility index (Phi) is 61.0. The van der Waals surface area contributed by atoms with Gasteiger partial charge in [0.1, 0.15) is 35.2 Å². The summed E-state index contributed by atoms with van der Waals surface area (Å²) < 4.78 is 14.8. The van der Waals surface area contributed by atoms with Crippen molar-refractivity contribution in [1.82, 2.24) is 21.3 Å². The van der Waals surface area contributed by atoms with Crippen molar-refractivity contribution in [3.63, 3.8) is 0 Å². The van der Waals surface area contributed by atoms with E-state index in [1.165, 1.54) is 53.9 Å². The molecule has 0 spiro atoms. The number of rotatable bonds is 46. The summed E-state index contributed by atoms with van der Waals surface area (Å²) in [5.41, 5.74) is 9.99. The molecule has 10 rings (SSSR count). The summed E-state index contributed by atoms with van der Waals surface area (Å²) in [4.78, 5) is 179. The Hall–Kier alpha value is -7.88. The van der Waals surface area contributed by atoms with Crippen LogP contribution in [0.25, 0.3) is 0 Å².